The molecule has 0 amide bonds. The van der Waals surface area contributed by atoms with E-state index in [4.69, 9.17) is 4.74 Å². The Hall–Kier alpha value is -2.44. The summed E-state index contributed by atoms with van der Waals surface area (Å²) in [5.74, 6) is 2.09. The number of hydrogen-bond donors (Lipinski definition) is 0. The molecule has 116 valence electrons. The van der Waals surface area contributed by atoms with Gasteiger partial charge in [-0.2, -0.15) is 4.98 Å². The van der Waals surface area contributed by atoms with Gasteiger partial charge in [0.1, 0.15) is 0 Å². The van der Waals surface area contributed by atoms with Gasteiger partial charge < -0.3 is 14.5 Å². The minimum Gasteiger partial charge on any atom is -0.481 e. The van der Waals surface area contributed by atoms with Gasteiger partial charge in [0.2, 0.25) is 17.8 Å². The normalized spacial score (nSPS) is 15.0. The Morgan fingerprint density at radius 1 is 1.00 bits per heavy atom. The van der Waals surface area contributed by atoms with Crippen LogP contribution >= 0.6 is 0 Å². The van der Waals surface area contributed by atoms with Gasteiger partial charge in [-0.15, -0.1) is 0 Å². The first-order chi connectivity index (χ1) is 10.8. The molecular weight excluding hydrogens is 280 g/mol. The molecule has 1 aliphatic rings. The van der Waals surface area contributed by atoms with Gasteiger partial charge in [0.15, 0.2) is 0 Å². The summed E-state index contributed by atoms with van der Waals surface area (Å²) in [6.07, 6.45) is 6.49. The summed E-state index contributed by atoms with van der Waals surface area (Å²) in [5.41, 5.74) is 1.16. The number of rotatable bonds is 4. The van der Waals surface area contributed by atoms with Crippen molar-refractivity contribution in [1.82, 2.24) is 19.9 Å². The van der Waals surface area contributed by atoms with Crippen molar-refractivity contribution < 1.29 is 4.74 Å². The first-order valence-corrected chi connectivity index (χ1v) is 7.48. The van der Waals surface area contributed by atoms with Crippen LogP contribution in [0.2, 0.25) is 0 Å². The second-order valence-electron chi connectivity index (χ2n) is 5.12. The lowest BCUT2D eigenvalue weighted by molar-refractivity contribution is 0.396. The highest BCUT2D eigenvalue weighted by Crippen LogP contribution is 2.16. The fourth-order valence-electron chi connectivity index (χ4n) is 2.40. The number of aromatic nitrogens is 4. The standard InChI is InChI=1S/C15H20N6O/c1-3-12-10-17-14(18-11-12)20-6-8-21(9-7-20)15-16-5-4-13(19-15)22-2/h4-5,10-11H,3,6-9H2,1-2H3. The molecule has 3 heterocycles. The van der Waals surface area contributed by atoms with E-state index in [1.54, 1.807) is 19.4 Å². The van der Waals surface area contributed by atoms with Crippen LogP contribution in [0, 0.1) is 0 Å². The summed E-state index contributed by atoms with van der Waals surface area (Å²) >= 11 is 0. The average molecular weight is 300 g/mol. The van der Waals surface area contributed by atoms with Crippen molar-refractivity contribution in [3.8, 4) is 5.88 Å². The number of aryl methyl sites for hydroxylation is 1. The van der Waals surface area contributed by atoms with Gasteiger partial charge in [0.05, 0.1) is 7.11 Å². The minimum absolute atomic E-state index is 0.589. The molecular formula is C15H20N6O. The van der Waals surface area contributed by atoms with E-state index in [0.717, 1.165) is 44.1 Å². The molecule has 0 saturated carbocycles. The van der Waals surface area contributed by atoms with E-state index in [-0.39, 0.29) is 0 Å². The molecule has 0 spiro atoms. The summed E-state index contributed by atoms with van der Waals surface area (Å²) in [7, 11) is 1.61. The zero-order valence-electron chi connectivity index (χ0n) is 12.9. The lowest BCUT2D eigenvalue weighted by Gasteiger charge is -2.34. The van der Waals surface area contributed by atoms with Crippen LogP contribution in [-0.4, -0.2) is 53.2 Å². The minimum atomic E-state index is 0.589. The smallest absolute Gasteiger partial charge is 0.228 e. The largest absolute Gasteiger partial charge is 0.481 e. The van der Waals surface area contributed by atoms with E-state index in [9.17, 15) is 0 Å². The monoisotopic (exact) mass is 300 g/mol. The van der Waals surface area contributed by atoms with E-state index in [0.29, 0.717) is 11.8 Å². The van der Waals surface area contributed by atoms with Crippen molar-refractivity contribution in [3.05, 3.63) is 30.2 Å². The number of hydrogen-bond acceptors (Lipinski definition) is 7. The molecule has 0 aromatic carbocycles. The highest BCUT2D eigenvalue weighted by Gasteiger charge is 2.20. The maximum Gasteiger partial charge on any atom is 0.228 e. The van der Waals surface area contributed by atoms with Crippen LogP contribution in [0.25, 0.3) is 0 Å². The van der Waals surface area contributed by atoms with Crippen LogP contribution < -0.4 is 14.5 Å². The third kappa shape index (κ3) is 3.08. The number of ether oxygens (including phenoxy) is 1. The van der Waals surface area contributed by atoms with Gasteiger partial charge in [-0.1, -0.05) is 6.92 Å². The van der Waals surface area contributed by atoms with Gasteiger partial charge in [-0.25, -0.2) is 15.0 Å². The maximum absolute atomic E-state index is 5.15. The number of methoxy groups -OCH3 is 1. The number of nitrogens with zero attached hydrogens (tertiary/aromatic N) is 6. The summed E-state index contributed by atoms with van der Waals surface area (Å²) in [4.78, 5) is 21.9. The topological polar surface area (TPSA) is 67.3 Å². The van der Waals surface area contributed by atoms with Crippen LogP contribution in [0.3, 0.4) is 0 Å². The fraction of sp³-hybridized carbons (Fsp3) is 0.467. The molecule has 0 atom stereocenters. The maximum atomic E-state index is 5.15. The van der Waals surface area contributed by atoms with Crippen molar-refractivity contribution in [2.45, 2.75) is 13.3 Å². The van der Waals surface area contributed by atoms with Crippen LogP contribution in [0.4, 0.5) is 11.9 Å². The van der Waals surface area contributed by atoms with Crippen molar-refractivity contribution in [1.29, 1.82) is 0 Å². The van der Waals surface area contributed by atoms with Gasteiger partial charge in [0.25, 0.3) is 0 Å². The first-order valence-electron chi connectivity index (χ1n) is 7.48. The summed E-state index contributed by atoms with van der Waals surface area (Å²) in [6, 6.07) is 1.75. The average Bonchev–Trinajstić information content (AvgIpc) is 2.62. The van der Waals surface area contributed by atoms with E-state index in [1.807, 2.05) is 12.4 Å². The lowest BCUT2D eigenvalue weighted by Crippen LogP contribution is -2.47. The van der Waals surface area contributed by atoms with Crippen molar-refractivity contribution in [3.63, 3.8) is 0 Å². The Morgan fingerprint density at radius 3 is 2.23 bits per heavy atom. The third-order valence-corrected chi connectivity index (χ3v) is 3.77. The second kappa shape index (κ2) is 6.55. The molecule has 2 aromatic heterocycles. The van der Waals surface area contributed by atoms with Crippen LogP contribution in [0.1, 0.15) is 12.5 Å². The Morgan fingerprint density at radius 2 is 1.64 bits per heavy atom. The summed E-state index contributed by atoms with van der Waals surface area (Å²) in [6.45, 7) is 5.49. The zero-order chi connectivity index (χ0) is 15.4. The molecule has 2 aromatic rings. The molecule has 22 heavy (non-hydrogen) atoms. The van der Waals surface area contributed by atoms with Gasteiger partial charge in [-0.3, -0.25) is 0 Å². The van der Waals surface area contributed by atoms with Gasteiger partial charge >= 0.3 is 0 Å². The van der Waals surface area contributed by atoms with Crippen LogP contribution in [0.15, 0.2) is 24.7 Å². The molecule has 1 aliphatic heterocycles. The SMILES string of the molecule is CCc1cnc(N2CCN(c3nccc(OC)n3)CC2)nc1. The second-order valence-corrected chi connectivity index (χ2v) is 5.12. The molecule has 7 heteroatoms. The number of anilines is 2. The predicted octanol–water partition coefficient (Wildman–Crippen LogP) is 1.16. The van der Waals surface area contributed by atoms with Crippen molar-refractivity contribution in [2.75, 3.05) is 43.1 Å². The Balaban J connectivity index is 1.64. The van der Waals surface area contributed by atoms with Crippen LogP contribution in [0.5, 0.6) is 5.88 Å². The summed E-state index contributed by atoms with van der Waals surface area (Å²) < 4.78 is 5.15. The molecule has 1 fully saturated rings. The Labute approximate surface area is 130 Å². The molecule has 0 radical (unpaired) electrons. The van der Waals surface area contributed by atoms with Crippen LogP contribution in [-0.2, 0) is 6.42 Å². The molecule has 1 saturated heterocycles. The lowest BCUT2D eigenvalue weighted by atomic mass is 10.3. The highest BCUT2D eigenvalue weighted by molar-refractivity contribution is 5.38. The number of piperazine rings is 1. The molecule has 3 rings (SSSR count). The van der Waals surface area contributed by atoms with E-state index >= 15 is 0 Å². The first kappa shape index (κ1) is 14.5. The summed E-state index contributed by atoms with van der Waals surface area (Å²) in [5, 5.41) is 0. The third-order valence-electron chi connectivity index (χ3n) is 3.77. The molecule has 7 nitrogen and oxygen atoms in total. The molecule has 0 unspecified atom stereocenters. The fourth-order valence-corrected chi connectivity index (χ4v) is 2.40. The van der Waals surface area contributed by atoms with Gasteiger partial charge in [-0.05, 0) is 12.0 Å². The Kier molecular flexibility index (Phi) is 4.32. The van der Waals surface area contributed by atoms with Gasteiger partial charge in [0, 0.05) is 50.8 Å². The van der Waals surface area contributed by atoms with E-state index in [2.05, 4.69) is 36.7 Å². The van der Waals surface area contributed by atoms with Crippen molar-refractivity contribution in [2.24, 2.45) is 0 Å². The Bertz CT molecular complexity index is 610. The quantitative estimate of drug-likeness (QED) is 0.839. The predicted molar refractivity (Wildman–Crippen MR) is 84.4 cm³/mol. The highest BCUT2D eigenvalue weighted by atomic mass is 16.5. The molecule has 0 N–H and O–H groups in total. The van der Waals surface area contributed by atoms with E-state index < -0.39 is 0 Å². The molecule has 0 bridgehead atoms. The zero-order valence-corrected chi connectivity index (χ0v) is 12.9. The van der Waals surface area contributed by atoms with E-state index in [1.165, 1.54) is 0 Å². The molecule has 0 aliphatic carbocycles. The van der Waals surface area contributed by atoms with Crippen molar-refractivity contribution >= 4 is 11.9 Å².